The quantitative estimate of drug-likeness (QED) is 0.0865. The predicted molar refractivity (Wildman–Crippen MR) is 255 cm³/mol. The molecule has 0 N–H and O–H groups in total. The van der Waals surface area contributed by atoms with E-state index in [1.54, 1.807) is 12.2 Å². The van der Waals surface area contributed by atoms with Gasteiger partial charge in [-0.2, -0.15) is 10.5 Å². The second-order valence-electron chi connectivity index (χ2n) is 15.6. The van der Waals surface area contributed by atoms with Crippen molar-refractivity contribution in [2.45, 2.75) is 13.8 Å². The van der Waals surface area contributed by atoms with Crippen molar-refractivity contribution >= 4 is 105 Å². The Hall–Kier alpha value is -8.58. The van der Waals surface area contributed by atoms with Crippen molar-refractivity contribution in [3.8, 4) is 12.1 Å². The van der Waals surface area contributed by atoms with Gasteiger partial charge in [0, 0.05) is 43.7 Å². The maximum absolute atomic E-state index is 9.80. The predicted octanol–water partition coefficient (Wildman–Crippen LogP) is 15.7. The molecule has 6 heteroatoms. The van der Waals surface area contributed by atoms with E-state index in [4.69, 9.17) is 8.83 Å². The molecular formula is C56H36N4O2. The Kier molecular flexibility index (Phi) is 8.42. The lowest BCUT2D eigenvalue weighted by atomic mass is 9.91. The molecule has 0 fully saturated rings. The summed E-state index contributed by atoms with van der Waals surface area (Å²) in [5.74, 6) is 0. The second kappa shape index (κ2) is 14.3. The number of benzene rings is 9. The zero-order chi connectivity index (χ0) is 42.1. The van der Waals surface area contributed by atoms with Crippen LogP contribution in [0.25, 0.3) is 76.2 Å². The minimum atomic E-state index is 0.468. The average Bonchev–Trinajstić information content (AvgIpc) is 3.90. The minimum Gasteiger partial charge on any atom is -0.454 e. The maximum Gasteiger partial charge on any atom is 0.159 e. The molecule has 0 aliphatic carbocycles. The molecule has 0 saturated carbocycles. The molecule has 11 aromatic rings. The van der Waals surface area contributed by atoms with Gasteiger partial charge < -0.3 is 18.6 Å². The minimum absolute atomic E-state index is 0.468. The highest BCUT2D eigenvalue weighted by atomic mass is 16.3. The highest BCUT2D eigenvalue weighted by molar-refractivity contribution is 6.28. The lowest BCUT2D eigenvalue weighted by Gasteiger charge is -2.29. The van der Waals surface area contributed by atoms with E-state index in [0.717, 1.165) is 116 Å². The zero-order valence-electron chi connectivity index (χ0n) is 34.0. The van der Waals surface area contributed by atoms with Gasteiger partial charge in [-0.1, -0.05) is 110 Å². The van der Waals surface area contributed by atoms with Gasteiger partial charge in [-0.05, 0) is 108 Å². The lowest BCUT2D eigenvalue weighted by Crippen LogP contribution is -2.15. The molecule has 0 spiro atoms. The van der Waals surface area contributed by atoms with Crippen molar-refractivity contribution in [2.75, 3.05) is 9.80 Å². The van der Waals surface area contributed by atoms with Gasteiger partial charge in [-0.15, -0.1) is 0 Å². The molecule has 0 aliphatic heterocycles. The van der Waals surface area contributed by atoms with Crippen molar-refractivity contribution in [3.05, 3.63) is 199 Å². The molecular weight excluding hydrogens is 761 g/mol. The summed E-state index contributed by atoms with van der Waals surface area (Å²) in [4.78, 5) is 4.49. The molecule has 0 radical (unpaired) electrons. The van der Waals surface area contributed by atoms with Gasteiger partial charge >= 0.3 is 0 Å². The van der Waals surface area contributed by atoms with Crippen LogP contribution in [0.3, 0.4) is 0 Å². The van der Waals surface area contributed by atoms with Crippen LogP contribution >= 0.6 is 0 Å². The molecule has 0 amide bonds. The van der Waals surface area contributed by atoms with Crippen LogP contribution in [0, 0.1) is 29.6 Å². The maximum atomic E-state index is 9.80. The fourth-order valence-corrected chi connectivity index (χ4v) is 9.23. The van der Waals surface area contributed by atoms with Gasteiger partial charge in [0.15, 0.2) is 11.2 Å². The van der Waals surface area contributed by atoms with E-state index in [2.05, 4.69) is 152 Å². The van der Waals surface area contributed by atoms with E-state index in [1.165, 1.54) is 0 Å². The highest BCUT2D eigenvalue weighted by Gasteiger charge is 2.25. The van der Waals surface area contributed by atoms with Crippen molar-refractivity contribution in [3.63, 3.8) is 0 Å². The van der Waals surface area contributed by atoms with Gasteiger partial charge in [-0.3, -0.25) is 0 Å². The summed E-state index contributed by atoms with van der Waals surface area (Å²) >= 11 is 0. The third-order valence-corrected chi connectivity index (χ3v) is 12.1. The van der Waals surface area contributed by atoms with Crippen molar-refractivity contribution in [1.82, 2.24) is 0 Å². The topological polar surface area (TPSA) is 80.3 Å². The van der Waals surface area contributed by atoms with Gasteiger partial charge in [0.2, 0.25) is 0 Å². The monoisotopic (exact) mass is 796 g/mol. The Morgan fingerprint density at radius 1 is 0.548 bits per heavy atom. The van der Waals surface area contributed by atoms with Crippen LogP contribution in [0.4, 0.5) is 28.4 Å². The van der Waals surface area contributed by atoms with Crippen LogP contribution in [0.2, 0.25) is 0 Å². The number of hydrogen-bond donors (Lipinski definition) is 0. The summed E-state index contributed by atoms with van der Waals surface area (Å²) in [7, 11) is 0. The number of aryl methyl sites for hydroxylation is 1. The standard InChI is InChI=1S/C56H36N4O2/c1-4-36(32-57)19-18-35(3)59(49-15-9-14-44-43-12-7-10-34(2)54(43)62-56(44)49)47-30-24-38-23-29-46-48(31-25-39-22-28-45(47)52(38)53(39)46)60(40-26-20-37(33-58)21-27-40)50-16-8-13-42-41-11-5-6-17-51(41)61-55(42)50/h4-31H,1H2,2-3H3/b35-18+,36-19+. The molecule has 292 valence electrons. The summed E-state index contributed by atoms with van der Waals surface area (Å²) in [5.41, 5.74) is 10.9. The molecule has 0 bridgehead atoms. The number of furan rings is 2. The first kappa shape index (κ1) is 36.5. The number of para-hydroxylation sites is 4. The van der Waals surface area contributed by atoms with E-state index in [0.29, 0.717) is 11.1 Å². The van der Waals surface area contributed by atoms with E-state index in [9.17, 15) is 10.5 Å². The first-order valence-corrected chi connectivity index (χ1v) is 20.5. The summed E-state index contributed by atoms with van der Waals surface area (Å²) in [6.45, 7) is 7.99. The van der Waals surface area contributed by atoms with Crippen molar-refractivity contribution in [1.29, 1.82) is 10.5 Å². The number of allylic oxidation sites excluding steroid dienone is 5. The summed E-state index contributed by atoms with van der Waals surface area (Å²) < 4.78 is 13.4. The average molecular weight is 797 g/mol. The van der Waals surface area contributed by atoms with Crippen LogP contribution in [0.5, 0.6) is 0 Å². The Balaban J connectivity index is 1.19. The number of hydrogen-bond acceptors (Lipinski definition) is 6. The number of nitrogens with zero attached hydrogens (tertiary/aromatic N) is 4. The summed E-state index contributed by atoms with van der Waals surface area (Å²) in [5, 5.41) is 30.4. The second-order valence-corrected chi connectivity index (χ2v) is 15.6. The van der Waals surface area contributed by atoms with E-state index in [1.807, 2.05) is 48.5 Å². The Morgan fingerprint density at radius 3 is 1.85 bits per heavy atom. The van der Waals surface area contributed by atoms with Gasteiger partial charge in [0.05, 0.1) is 46.0 Å². The number of rotatable bonds is 8. The molecule has 0 unspecified atom stereocenters. The normalized spacial score (nSPS) is 12.3. The van der Waals surface area contributed by atoms with E-state index >= 15 is 0 Å². The first-order valence-electron chi connectivity index (χ1n) is 20.5. The smallest absolute Gasteiger partial charge is 0.159 e. The lowest BCUT2D eigenvalue weighted by molar-refractivity contribution is 0.665. The van der Waals surface area contributed by atoms with Gasteiger partial charge in [0.1, 0.15) is 11.2 Å². The molecule has 11 rings (SSSR count). The molecule has 9 aromatic carbocycles. The van der Waals surface area contributed by atoms with Crippen LogP contribution in [-0.4, -0.2) is 0 Å². The third kappa shape index (κ3) is 5.55. The SMILES string of the molecule is C=C/C(C#N)=C\C=C(/C)N(c1ccc2ccc3c(N(c4ccc(C#N)cc4)c4cccc5c4oc4ccccc45)ccc4ccc1c2c43)c1cccc2c1oc1c(C)cccc12. The van der Waals surface area contributed by atoms with Crippen LogP contribution < -0.4 is 9.80 Å². The van der Waals surface area contributed by atoms with Crippen LogP contribution in [-0.2, 0) is 0 Å². The molecule has 2 aromatic heterocycles. The number of nitriles is 2. The first-order chi connectivity index (χ1) is 30.4. The third-order valence-electron chi connectivity index (χ3n) is 12.1. The molecule has 2 heterocycles. The fraction of sp³-hybridized carbons (Fsp3) is 0.0357. The molecule has 0 atom stereocenters. The Morgan fingerprint density at radius 2 is 1.15 bits per heavy atom. The Bertz CT molecular complexity index is 3780. The van der Waals surface area contributed by atoms with Crippen LogP contribution in [0.15, 0.2) is 197 Å². The molecule has 0 saturated heterocycles. The van der Waals surface area contributed by atoms with E-state index < -0.39 is 0 Å². The molecule has 6 nitrogen and oxygen atoms in total. The van der Waals surface area contributed by atoms with Crippen molar-refractivity contribution < 1.29 is 8.83 Å². The number of anilines is 5. The van der Waals surface area contributed by atoms with Gasteiger partial charge in [0.25, 0.3) is 0 Å². The largest absolute Gasteiger partial charge is 0.454 e. The molecule has 62 heavy (non-hydrogen) atoms. The number of fused-ring (bicyclic) bond motifs is 6. The summed E-state index contributed by atoms with van der Waals surface area (Å²) in [6, 6.07) is 56.8. The fourth-order valence-electron chi connectivity index (χ4n) is 9.23. The highest BCUT2D eigenvalue weighted by Crippen LogP contribution is 2.49. The van der Waals surface area contributed by atoms with Crippen LogP contribution in [0.1, 0.15) is 18.1 Å². The van der Waals surface area contributed by atoms with E-state index in [-0.39, 0.29) is 0 Å². The summed E-state index contributed by atoms with van der Waals surface area (Å²) in [6.07, 6.45) is 5.35. The molecule has 0 aliphatic rings. The Labute approximate surface area is 357 Å². The van der Waals surface area contributed by atoms with Crippen molar-refractivity contribution in [2.24, 2.45) is 0 Å². The van der Waals surface area contributed by atoms with Gasteiger partial charge in [-0.25, -0.2) is 0 Å². The zero-order valence-corrected chi connectivity index (χ0v) is 34.0.